The SMILES string of the molecule is CC(C)n1nccc1NC(=O)C1CCN(c2nc3ccccc3o2)CC1. The van der Waals surface area contributed by atoms with E-state index in [0.717, 1.165) is 42.8 Å². The summed E-state index contributed by atoms with van der Waals surface area (Å²) >= 11 is 0. The van der Waals surface area contributed by atoms with Gasteiger partial charge in [0.05, 0.1) is 6.20 Å². The fourth-order valence-electron chi connectivity index (χ4n) is 3.38. The predicted molar refractivity (Wildman–Crippen MR) is 100 cm³/mol. The Hall–Kier alpha value is -2.83. The molecule has 1 fully saturated rings. The topological polar surface area (TPSA) is 76.2 Å². The van der Waals surface area contributed by atoms with Crippen molar-refractivity contribution in [3.05, 3.63) is 36.5 Å². The first-order valence-electron chi connectivity index (χ1n) is 9.06. The highest BCUT2D eigenvalue weighted by Crippen LogP contribution is 2.27. The molecule has 0 spiro atoms. The minimum absolute atomic E-state index is 0.00820. The van der Waals surface area contributed by atoms with Crippen LogP contribution in [0.5, 0.6) is 0 Å². The van der Waals surface area contributed by atoms with E-state index in [1.807, 2.05) is 48.9 Å². The van der Waals surface area contributed by atoms with Gasteiger partial charge in [0, 0.05) is 31.1 Å². The van der Waals surface area contributed by atoms with Gasteiger partial charge in [-0.2, -0.15) is 10.1 Å². The number of hydrogen-bond acceptors (Lipinski definition) is 5. The van der Waals surface area contributed by atoms with E-state index in [2.05, 4.69) is 20.3 Å². The number of benzene rings is 1. The van der Waals surface area contributed by atoms with Crippen molar-refractivity contribution in [2.45, 2.75) is 32.7 Å². The lowest BCUT2D eigenvalue weighted by Crippen LogP contribution is -2.38. The van der Waals surface area contributed by atoms with Crippen molar-refractivity contribution in [2.24, 2.45) is 5.92 Å². The molecule has 0 atom stereocenters. The number of amides is 1. The molecular weight excluding hydrogens is 330 g/mol. The third-order valence-corrected chi connectivity index (χ3v) is 4.83. The van der Waals surface area contributed by atoms with Gasteiger partial charge in [-0.3, -0.25) is 4.79 Å². The second-order valence-corrected chi connectivity index (χ2v) is 6.97. The number of hydrogen-bond donors (Lipinski definition) is 1. The average molecular weight is 353 g/mol. The number of para-hydroxylation sites is 2. The zero-order valence-electron chi connectivity index (χ0n) is 15.1. The molecule has 1 amide bonds. The predicted octanol–water partition coefficient (Wildman–Crippen LogP) is 3.46. The largest absolute Gasteiger partial charge is 0.423 e. The molecule has 1 N–H and O–H groups in total. The van der Waals surface area contributed by atoms with Crippen LogP contribution < -0.4 is 10.2 Å². The normalized spacial score (nSPS) is 15.7. The second-order valence-electron chi connectivity index (χ2n) is 6.97. The molecule has 136 valence electrons. The third-order valence-electron chi connectivity index (χ3n) is 4.83. The number of carbonyl (C=O) groups excluding carboxylic acids is 1. The fraction of sp³-hybridized carbons (Fsp3) is 0.421. The number of nitrogens with one attached hydrogen (secondary N) is 1. The summed E-state index contributed by atoms with van der Waals surface area (Å²) < 4.78 is 7.66. The number of anilines is 2. The van der Waals surface area contributed by atoms with Crippen molar-refractivity contribution in [1.82, 2.24) is 14.8 Å². The van der Waals surface area contributed by atoms with Crippen molar-refractivity contribution in [3.8, 4) is 0 Å². The molecule has 1 aliphatic heterocycles. The van der Waals surface area contributed by atoms with Crippen LogP contribution in [0.15, 0.2) is 40.9 Å². The lowest BCUT2D eigenvalue weighted by molar-refractivity contribution is -0.120. The summed E-state index contributed by atoms with van der Waals surface area (Å²) in [5.41, 5.74) is 1.66. The van der Waals surface area contributed by atoms with Crippen molar-refractivity contribution in [2.75, 3.05) is 23.3 Å². The van der Waals surface area contributed by atoms with Crippen LogP contribution in [0.25, 0.3) is 11.1 Å². The van der Waals surface area contributed by atoms with E-state index in [1.54, 1.807) is 6.20 Å². The Morgan fingerprint density at radius 1 is 1.23 bits per heavy atom. The smallest absolute Gasteiger partial charge is 0.298 e. The molecule has 0 radical (unpaired) electrons. The van der Waals surface area contributed by atoms with Gasteiger partial charge in [-0.05, 0) is 38.8 Å². The first-order chi connectivity index (χ1) is 12.6. The molecule has 0 saturated carbocycles. The monoisotopic (exact) mass is 353 g/mol. The molecule has 0 aliphatic carbocycles. The van der Waals surface area contributed by atoms with Crippen molar-refractivity contribution < 1.29 is 9.21 Å². The molecule has 26 heavy (non-hydrogen) atoms. The van der Waals surface area contributed by atoms with Gasteiger partial charge in [-0.15, -0.1) is 0 Å². The summed E-state index contributed by atoms with van der Waals surface area (Å²) in [5.74, 6) is 0.808. The van der Waals surface area contributed by atoms with Crippen LogP contribution in [0, 0.1) is 5.92 Å². The summed E-state index contributed by atoms with van der Waals surface area (Å²) in [6.45, 7) is 5.60. The number of rotatable bonds is 4. The quantitative estimate of drug-likeness (QED) is 0.777. The van der Waals surface area contributed by atoms with Crippen LogP contribution in [0.1, 0.15) is 32.7 Å². The highest BCUT2D eigenvalue weighted by molar-refractivity contribution is 5.92. The van der Waals surface area contributed by atoms with Gasteiger partial charge in [0.2, 0.25) is 5.91 Å². The van der Waals surface area contributed by atoms with E-state index >= 15 is 0 Å². The minimum atomic E-state index is -0.00820. The van der Waals surface area contributed by atoms with Gasteiger partial charge in [-0.1, -0.05) is 12.1 Å². The Balaban J connectivity index is 1.38. The van der Waals surface area contributed by atoms with Crippen molar-refractivity contribution in [3.63, 3.8) is 0 Å². The fourth-order valence-corrected chi connectivity index (χ4v) is 3.38. The molecule has 3 heterocycles. The molecular formula is C19H23N5O2. The third kappa shape index (κ3) is 3.16. The van der Waals surface area contributed by atoms with Gasteiger partial charge in [-0.25, -0.2) is 4.68 Å². The minimum Gasteiger partial charge on any atom is -0.423 e. The van der Waals surface area contributed by atoms with Crippen LogP contribution in [-0.2, 0) is 4.79 Å². The van der Waals surface area contributed by atoms with Gasteiger partial charge < -0.3 is 14.6 Å². The van der Waals surface area contributed by atoms with Crippen molar-refractivity contribution in [1.29, 1.82) is 0 Å². The number of fused-ring (bicyclic) bond motifs is 1. The molecule has 4 rings (SSSR count). The summed E-state index contributed by atoms with van der Waals surface area (Å²) in [4.78, 5) is 19.3. The molecule has 1 aromatic carbocycles. The molecule has 0 bridgehead atoms. The number of piperidine rings is 1. The zero-order valence-corrected chi connectivity index (χ0v) is 15.1. The summed E-state index contributed by atoms with van der Waals surface area (Å²) in [6, 6.07) is 10.4. The zero-order chi connectivity index (χ0) is 18.1. The van der Waals surface area contributed by atoms with Gasteiger partial charge in [0.25, 0.3) is 6.01 Å². The first kappa shape index (κ1) is 16.6. The highest BCUT2D eigenvalue weighted by Gasteiger charge is 2.27. The van der Waals surface area contributed by atoms with E-state index in [9.17, 15) is 4.79 Å². The number of nitrogens with zero attached hydrogens (tertiary/aromatic N) is 4. The molecule has 0 unspecified atom stereocenters. The van der Waals surface area contributed by atoms with E-state index in [-0.39, 0.29) is 17.9 Å². The number of carbonyl (C=O) groups is 1. The van der Waals surface area contributed by atoms with Gasteiger partial charge >= 0.3 is 0 Å². The molecule has 1 saturated heterocycles. The van der Waals surface area contributed by atoms with Crippen molar-refractivity contribution >= 4 is 28.8 Å². The van der Waals surface area contributed by atoms with Gasteiger partial charge in [0.15, 0.2) is 5.58 Å². The van der Waals surface area contributed by atoms with E-state index in [4.69, 9.17) is 4.42 Å². The second kappa shape index (κ2) is 6.82. The highest BCUT2D eigenvalue weighted by atomic mass is 16.4. The standard InChI is InChI=1S/C19H23N5O2/c1-13(2)24-17(7-10-20-24)22-18(25)14-8-11-23(12-9-14)19-21-15-5-3-4-6-16(15)26-19/h3-7,10,13-14H,8-9,11-12H2,1-2H3,(H,22,25). The summed E-state index contributed by atoms with van der Waals surface area (Å²) in [5, 5.41) is 7.28. The van der Waals surface area contributed by atoms with Crippen LogP contribution >= 0.6 is 0 Å². The maximum absolute atomic E-state index is 12.6. The van der Waals surface area contributed by atoms with Crippen LogP contribution in [-0.4, -0.2) is 33.8 Å². The number of aromatic nitrogens is 3. The molecule has 3 aromatic rings. The van der Waals surface area contributed by atoms with Crippen LogP contribution in [0.3, 0.4) is 0 Å². The first-order valence-corrected chi connectivity index (χ1v) is 9.06. The Labute approximate surface area is 152 Å². The number of oxazole rings is 1. The van der Waals surface area contributed by atoms with Crippen LogP contribution in [0.4, 0.5) is 11.8 Å². The molecule has 7 heteroatoms. The lowest BCUT2D eigenvalue weighted by atomic mass is 9.96. The Kier molecular flexibility index (Phi) is 4.36. The maximum Gasteiger partial charge on any atom is 0.298 e. The Morgan fingerprint density at radius 3 is 2.73 bits per heavy atom. The van der Waals surface area contributed by atoms with E-state index in [0.29, 0.717) is 6.01 Å². The Bertz CT molecular complexity index is 872. The van der Waals surface area contributed by atoms with E-state index < -0.39 is 0 Å². The van der Waals surface area contributed by atoms with Gasteiger partial charge in [0.1, 0.15) is 11.3 Å². The average Bonchev–Trinajstić information content (AvgIpc) is 3.28. The van der Waals surface area contributed by atoms with E-state index in [1.165, 1.54) is 0 Å². The van der Waals surface area contributed by atoms with Crippen LogP contribution in [0.2, 0.25) is 0 Å². The molecule has 1 aliphatic rings. The maximum atomic E-state index is 12.6. The molecule has 7 nitrogen and oxygen atoms in total. The summed E-state index contributed by atoms with van der Waals surface area (Å²) in [6.07, 6.45) is 3.27. The summed E-state index contributed by atoms with van der Waals surface area (Å²) in [7, 11) is 0. The lowest BCUT2D eigenvalue weighted by Gasteiger charge is -2.30. The molecule has 2 aromatic heterocycles. The Morgan fingerprint density at radius 2 is 2.00 bits per heavy atom.